The number of methoxy groups -OCH3 is 1. The Balaban J connectivity index is 1.60. The summed E-state index contributed by atoms with van der Waals surface area (Å²) in [5.74, 6) is 2.26. The third-order valence-electron chi connectivity index (χ3n) is 10.0. The van der Waals surface area contributed by atoms with Gasteiger partial charge in [0, 0.05) is 30.6 Å². The van der Waals surface area contributed by atoms with E-state index in [1.54, 1.807) is 0 Å². The molecule has 0 N–H and O–H groups in total. The van der Waals surface area contributed by atoms with Crippen LogP contribution in [-0.2, 0) is 19.1 Å². The fourth-order valence-electron chi connectivity index (χ4n) is 8.28. The molecule has 4 fully saturated rings. The van der Waals surface area contributed by atoms with E-state index in [4.69, 9.17) is 4.74 Å². The van der Waals surface area contributed by atoms with Crippen molar-refractivity contribution >= 4 is 17.5 Å². The van der Waals surface area contributed by atoms with Crippen LogP contribution in [0, 0.1) is 46.3 Å². The number of hydrogen-bond acceptors (Lipinski definition) is 4. The first-order chi connectivity index (χ1) is 13.7. The molecule has 4 rings (SSSR count). The van der Waals surface area contributed by atoms with Crippen LogP contribution >= 0.6 is 0 Å². The Kier molecular flexibility index (Phi) is 5.44. The van der Waals surface area contributed by atoms with Crippen LogP contribution in [0.25, 0.3) is 0 Å². The standard InChI is InChI=1S/C25H38O4/c1-15(8-11-22(28)29-4)17-9-10-18-23-19(14-21(27)25(17,18)3)24(2)12-6-5-7-16(24)13-20(23)26/h15-19,23H,5-14H2,1-4H3/t15-,16-,17+,18+,19+,23+,24-,25+/m0/s1. The van der Waals surface area contributed by atoms with E-state index in [2.05, 4.69) is 20.8 Å². The average molecular weight is 403 g/mol. The minimum absolute atomic E-state index is 0.0786. The van der Waals surface area contributed by atoms with Gasteiger partial charge in [-0.2, -0.15) is 0 Å². The van der Waals surface area contributed by atoms with Crippen molar-refractivity contribution in [2.24, 2.45) is 46.3 Å². The van der Waals surface area contributed by atoms with Crippen LogP contribution in [0.1, 0.15) is 85.0 Å². The molecule has 4 aliphatic rings. The van der Waals surface area contributed by atoms with E-state index in [0.29, 0.717) is 36.2 Å². The summed E-state index contributed by atoms with van der Waals surface area (Å²) in [6.45, 7) is 6.73. The number of ether oxygens (including phenoxy) is 1. The molecule has 0 spiro atoms. The molecule has 8 atom stereocenters. The summed E-state index contributed by atoms with van der Waals surface area (Å²) in [5.41, 5.74) is -0.230. The van der Waals surface area contributed by atoms with Crippen LogP contribution in [-0.4, -0.2) is 24.6 Å². The predicted octanol–water partition coefficient (Wildman–Crippen LogP) is 4.98. The molecule has 4 heteroatoms. The molecule has 0 heterocycles. The summed E-state index contributed by atoms with van der Waals surface area (Å²) in [5, 5.41) is 0. The van der Waals surface area contributed by atoms with Gasteiger partial charge in [0.1, 0.15) is 11.6 Å². The number of carbonyl (C=O) groups is 3. The fraction of sp³-hybridized carbons (Fsp3) is 0.880. The van der Waals surface area contributed by atoms with E-state index < -0.39 is 5.41 Å². The zero-order valence-electron chi connectivity index (χ0n) is 18.7. The van der Waals surface area contributed by atoms with E-state index in [0.717, 1.165) is 32.1 Å². The molecule has 162 valence electrons. The van der Waals surface area contributed by atoms with Crippen molar-refractivity contribution in [2.75, 3.05) is 7.11 Å². The number of carbonyl (C=O) groups excluding carboxylic acids is 3. The van der Waals surface area contributed by atoms with Crippen molar-refractivity contribution in [1.82, 2.24) is 0 Å². The van der Waals surface area contributed by atoms with Crippen molar-refractivity contribution in [1.29, 1.82) is 0 Å². The Morgan fingerprint density at radius 2 is 1.86 bits per heavy atom. The first-order valence-corrected chi connectivity index (χ1v) is 11.9. The fourth-order valence-corrected chi connectivity index (χ4v) is 8.28. The van der Waals surface area contributed by atoms with Crippen LogP contribution < -0.4 is 0 Å². The van der Waals surface area contributed by atoms with Gasteiger partial charge in [-0.1, -0.05) is 33.6 Å². The van der Waals surface area contributed by atoms with Gasteiger partial charge in [0.05, 0.1) is 7.11 Å². The van der Waals surface area contributed by atoms with Gasteiger partial charge in [0.25, 0.3) is 0 Å². The van der Waals surface area contributed by atoms with Gasteiger partial charge in [-0.25, -0.2) is 0 Å². The van der Waals surface area contributed by atoms with Gasteiger partial charge in [0.2, 0.25) is 0 Å². The molecule has 0 aromatic rings. The molecular weight excluding hydrogens is 364 g/mol. The normalized spacial score (nSPS) is 45.2. The number of Topliss-reactive ketones (excluding diaryl/α,β-unsaturated/α-hetero) is 2. The second kappa shape index (κ2) is 7.50. The Bertz CT molecular complexity index is 699. The largest absolute Gasteiger partial charge is 0.469 e. The third-order valence-corrected chi connectivity index (χ3v) is 10.0. The zero-order valence-corrected chi connectivity index (χ0v) is 18.7. The lowest BCUT2D eigenvalue weighted by Gasteiger charge is -2.59. The lowest BCUT2D eigenvalue weighted by Crippen LogP contribution is -2.59. The average Bonchev–Trinajstić information content (AvgIpc) is 3.05. The SMILES string of the molecule is COC(=O)CC[C@H](C)[C@H]1CC[C@@H]2[C@H]3C(=O)C[C@@H]4CCCC[C@]4(C)[C@@H]3CC(=O)[C@@]21C. The van der Waals surface area contributed by atoms with Crippen LogP contribution in [0.5, 0.6) is 0 Å². The molecular formula is C25H38O4. The van der Waals surface area contributed by atoms with Crippen LogP contribution in [0.3, 0.4) is 0 Å². The molecule has 0 aromatic heterocycles. The van der Waals surface area contributed by atoms with Crippen LogP contribution in [0.4, 0.5) is 0 Å². The maximum Gasteiger partial charge on any atom is 0.305 e. The second-order valence-electron chi connectivity index (χ2n) is 11.0. The summed E-state index contributed by atoms with van der Waals surface area (Å²) in [7, 11) is 1.43. The van der Waals surface area contributed by atoms with Gasteiger partial charge in [-0.05, 0) is 67.1 Å². The molecule has 0 amide bonds. The van der Waals surface area contributed by atoms with Crippen molar-refractivity contribution in [3.05, 3.63) is 0 Å². The number of fused-ring (bicyclic) bond motifs is 5. The summed E-state index contributed by atoms with van der Waals surface area (Å²) >= 11 is 0. The predicted molar refractivity (Wildman–Crippen MR) is 111 cm³/mol. The van der Waals surface area contributed by atoms with Crippen molar-refractivity contribution in [3.8, 4) is 0 Å². The number of rotatable bonds is 4. The smallest absolute Gasteiger partial charge is 0.305 e. The minimum atomic E-state index is -0.399. The van der Waals surface area contributed by atoms with Gasteiger partial charge in [-0.3, -0.25) is 14.4 Å². The molecule has 0 unspecified atom stereocenters. The van der Waals surface area contributed by atoms with E-state index in [1.165, 1.54) is 26.4 Å². The monoisotopic (exact) mass is 402 g/mol. The Morgan fingerprint density at radius 3 is 2.59 bits per heavy atom. The first-order valence-electron chi connectivity index (χ1n) is 11.9. The maximum atomic E-state index is 13.7. The van der Waals surface area contributed by atoms with Gasteiger partial charge < -0.3 is 4.74 Å². The van der Waals surface area contributed by atoms with Crippen molar-refractivity contribution in [3.63, 3.8) is 0 Å². The minimum Gasteiger partial charge on any atom is -0.469 e. The van der Waals surface area contributed by atoms with Gasteiger partial charge in [0.15, 0.2) is 0 Å². The molecule has 4 aliphatic carbocycles. The molecule has 0 bridgehead atoms. The molecule has 29 heavy (non-hydrogen) atoms. The summed E-state index contributed by atoms with van der Waals surface area (Å²) in [6.07, 6.45) is 9.32. The van der Waals surface area contributed by atoms with Crippen LogP contribution in [0.2, 0.25) is 0 Å². The van der Waals surface area contributed by atoms with Crippen LogP contribution in [0.15, 0.2) is 0 Å². The highest BCUT2D eigenvalue weighted by Gasteiger charge is 2.65. The first kappa shape index (κ1) is 21.1. The van der Waals surface area contributed by atoms with E-state index in [-0.39, 0.29) is 35.1 Å². The van der Waals surface area contributed by atoms with Gasteiger partial charge >= 0.3 is 5.97 Å². The summed E-state index contributed by atoms with van der Waals surface area (Å²) in [6, 6.07) is 0. The lowest BCUT2D eigenvalue weighted by molar-refractivity contribution is -0.165. The van der Waals surface area contributed by atoms with E-state index in [9.17, 15) is 14.4 Å². The molecule has 0 saturated heterocycles. The highest BCUT2D eigenvalue weighted by atomic mass is 16.5. The number of ketones is 2. The van der Waals surface area contributed by atoms with Crippen molar-refractivity contribution in [2.45, 2.75) is 85.0 Å². The zero-order chi connectivity index (χ0) is 21.0. The topological polar surface area (TPSA) is 60.4 Å². The Labute approximate surface area is 175 Å². The molecule has 0 radical (unpaired) electrons. The van der Waals surface area contributed by atoms with E-state index >= 15 is 0 Å². The quantitative estimate of drug-likeness (QED) is 0.622. The molecule has 0 aromatic carbocycles. The second-order valence-corrected chi connectivity index (χ2v) is 11.0. The molecule has 4 nitrogen and oxygen atoms in total. The maximum absolute atomic E-state index is 13.7. The van der Waals surface area contributed by atoms with Crippen molar-refractivity contribution < 1.29 is 19.1 Å². The molecule has 0 aliphatic heterocycles. The highest BCUT2D eigenvalue weighted by Crippen LogP contribution is 2.66. The number of hydrogen-bond donors (Lipinski definition) is 0. The summed E-state index contributed by atoms with van der Waals surface area (Å²) < 4.78 is 4.81. The van der Waals surface area contributed by atoms with E-state index in [1.807, 2.05) is 0 Å². The Morgan fingerprint density at radius 1 is 1.10 bits per heavy atom. The number of esters is 1. The Hall–Kier alpha value is -1.19. The van der Waals surface area contributed by atoms with Gasteiger partial charge in [-0.15, -0.1) is 0 Å². The third kappa shape index (κ3) is 3.11. The summed E-state index contributed by atoms with van der Waals surface area (Å²) in [4.78, 5) is 38.7. The molecule has 4 saturated carbocycles. The highest BCUT2D eigenvalue weighted by molar-refractivity contribution is 5.92. The lowest BCUT2D eigenvalue weighted by atomic mass is 9.44.